The topological polar surface area (TPSA) is 63.0 Å². The molecule has 0 aliphatic rings. The first-order chi connectivity index (χ1) is 10.5. The third-order valence-electron chi connectivity index (χ3n) is 3.47. The van der Waals surface area contributed by atoms with Gasteiger partial charge in [-0.2, -0.15) is 9.78 Å². The molecule has 2 aromatic heterocycles. The predicted octanol–water partition coefficient (Wildman–Crippen LogP) is 3.29. The lowest BCUT2D eigenvalue weighted by Crippen LogP contribution is -2.20. The fraction of sp³-hybridized carbons (Fsp3) is 0.188. The molecule has 5 nitrogen and oxygen atoms in total. The van der Waals surface area contributed by atoms with E-state index in [1.54, 1.807) is 19.2 Å². The summed E-state index contributed by atoms with van der Waals surface area (Å²) in [6.45, 7) is 5.73. The Labute approximate surface area is 135 Å². The zero-order chi connectivity index (χ0) is 15.9. The normalized spacial score (nSPS) is 11.6. The van der Waals surface area contributed by atoms with E-state index in [0.29, 0.717) is 16.7 Å². The Kier molecular flexibility index (Phi) is 3.70. The Balaban J connectivity index is 2.14. The summed E-state index contributed by atoms with van der Waals surface area (Å²) in [5.74, 6) is 0.556. The van der Waals surface area contributed by atoms with Crippen molar-refractivity contribution < 1.29 is 0 Å². The number of aromatic nitrogens is 3. The van der Waals surface area contributed by atoms with E-state index < -0.39 is 0 Å². The van der Waals surface area contributed by atoms with E-state index in [9.17, 15) is 4.79 Å². The number of halogens is 1. The second-order valence-electron chi connectivity index (χ2n) is 5.21. The number of nitrogens with one attached hydrogen (secondary N) is 1. The second kappa shape index (κ2) is 5.53. The molecule has 0 saturated carbocycles. The van der Waals surface area contributed by atoms with Crippen LogP contribution in [-0.2, 0) is 0 Å². The molecule has 0 saturated heterocycles. The van der Waals surface area contributed by atoms with Gasteiger partial charge in [0.2, 0.25) is 0 Å². The van der Waals surface area contributed by atoms with Gasteiger partial charge in [-0.05, 0) is 45.0 Å². The molecule has 0 spiro atoms. The Bertz CT molecular complexity index is 953. The minimum absolute atomic E-state index is 0.176. The molecule has 0 fully saturated rings. The SMILES string of the molecule is Cc1cc(C=Nn2c(C)nc3ccc(Br)cc3c2=O)c(C)[nH]1. The molecular weight excluding hydrogens is 344 g/mol. The summed E-state index contributed by atoms with van der Waals surface area (Å²) in [4.78, 5) is 20.2. The predicted molar refractivity (Wildman–Crippen MR) is 91.7 cm³/mol. The van der Waals surface area contributed by atoms with Gasteiger partial charge in [-0.3, -0.25) is 4.79 Å². The van der Waals surface area contributed by atoms with Gasteiger partial charge in [-0.1, -0.05) is 15.9 Å². The van der Waals surface area contributed by atoms with Crippen LogP contribution in [-0.4, -0.2) is 20.9 Å². The quantitative estimate of drug-likeness (QED) is 0.714. The lowest BCUT2D eigenvalue weighted by Gasteiger charge is -2.05. The minimum Gasteiger partial charge on any atom is -0.362 e. The number of aromatic amines is 1. The standard InChI is InChI=1S/C16H15BrN4O/c1-9-6-12(10(2)19-9)8-18-21-11(3)20-15-5-4-13(17)7-14(15)16(21)22/h4-8,19H,1-3H3. The zero-order valence-corrected chi connectivity index (χ0v) is 14.1. The van der Waals surface area contributed by atoms with Gasteiger partial charge in [0.25, 0.3) is 5.56 Å². The second-order valence-corrected chi connectivity index (χ2v) is 6.13. The third kappa shape index (κ3) is 2.62. The first-order valence-electron chi connectivity index (χ1n) is 6.85. The van der Waals surface area contributed by atoms with Gasteiger partial charge in [0.05, 0.1) is 17.1 Å². The summed E-state index contributed by atoms with van der Waals surface area (Å²) in [5, 5.41) is 4.85. The lowest BCUT2D eigenvalue weighted by atomic mass is 10.2. The fourth-order valence-electron chi connectivity index (χ4n) is 2.40. The minimum atomic E-state index is -0.176. The van der Waals surface area contributed by atoms with Gasteiger partial charge in [-0.25, -0.2) is 4.98 Å². The summed E-state index contributed by atoms with van der Waals surface area (Å²) < 4.78 is 2.17. The number of nitrogens with zero attached hydrogens (tertiary/aromatic N) is 3. The monoisotopic (exact) mass is 358 g/mol. The van der Waals surface area contributed by atoms with Crippen molar-refractivity contribution in [3.05, 3.63) is 61.9 Å². The first kappa shape index (κ1) is 14.7. The van der Waals surface area contributed by atoms with E-state index in [2.05, 4.69) is 31.0 Å². The van der Waals surface area contributed by atoms with Crippen molar-refractivity contribution in [1.82, 2.24) is 14.6 Å². The van der Waals surface area contributed by atoms with Gasteiger partial charge in [0.15, 0.2) is 0 Å². The fourth-order valence-corrected chi connectivity index (χ4v) is 2.76. The highest BCUT2D eigenvalue weighted by Crippen LogP contribution is 2.15. The number of hydrogen-bond donors (Lipinski definition) is 1. The van der Waals surface area contributed by atoms with Crippen LogP contribution >= 0.6 is 15.9 Å². The molecule has 1 aromatic carbocycles. The molecule has 0 aliphatic carbocycles. The summed E-state index contributed by atoms with van der Waals surface area (Å²) in [6, 6.07) is 7.45. The molecule has 0 atom stereocenters. The van der Waals surface area contributed by atoms with Crippen molar-refractivity contribution in [2.24, 2.45) is 5.10 Å². The van der Waals surface area contributed by atoms with Crippen LogP contribution in [0.1, 0.15) is 22.8 Å². The van der Waals surface area contributed by atoms with Crippen LogP contribution in [0.4, 0.5) is 0 Å². The van der Waals surface area contributed by atoms with Crippen LogP contribution < -0.4 is 5.56 Å². The first-order valence-corrected chi connectivity index (χ1v) is 7.64. The molecule has 2 heterocycles. The van der Waals surface area contributed by atoms with Crippen LogP contribution in [0.3, 0.4) is 0 Å². The van der Waals surface area contributed by atoms with E-state index >= 15 is 0 Å². The average molecular weight is 359 g/mol. The average Bonchev–Trinajstić information content (AvgIpc) is 2.78. The van der Waals surface area contributed by atoms with Crippen molar-refractivity contribution >= 4 is 33.0 Å². The smallest absolute Gasteiger partial charge is 0.282 e. The third-order valence-corrected chi connectivity index (χ3v) is 3.97. The molecule has 0 amide bonds. The van der Waals surface area contributed by atoms with Gasteiger partial charge in [0, 0.05) is 21.4 Å². The van der Waals surface area contributed by atoms with Crippen LogP contribution in [0, 0.1) is 20.8 Å². The maximum atomic E-state index is 12.6. The van der Waals surface area contributed by atoms with E-state index in [0.717, 1.165) is 21.4 Å². The zero-order valence-electron chi connectivity index (χ0n) is 12.5. The van der Waals surface area contributed by atoms with Gasteiger partial charge in [0.1, 0.15) is 5.82 Å². The number of rotatable bonds is 2. The molecule has 3 rings (SSSR count). The highest BCUT2D eigenvalue weighted by Gasteiger charge is 2.08. The van der Waals surface area contributed by atoms with E-state index in [1.807, 2.05) is 32.0 Å². The molecule has 3 aromatic rings. The summed E-state index contributed by atoms with van der Waals surface area (Å²) in [5.41, 5.74) is 3.53. The Morgan fingerprint density at radius 2 is 2.05 bits per heavy atom. The number of H-pyrrole nitrogens is 1. The van der Waals surface area contributed by atoms with Crippen LogP contribution in [0.15, 0.2) is 38.6 Å². The molecule has 1 N–H and O–H groups in total. The summed E-state index contributed by atoms with van der Waals surface area (Å²) in [6.07, 6.45) is 1.68. The number of benzene rings is 1. The van der Waals surface area contributed by atoms with E-state index in [4.69, 9.17) is 0 Å². The highest BCUT2D eigenvalue weighted by atomic mass is 79.9. The molecular formula is C16H15BrN4O. The van der Waals surface area contributed by atoms with Gasteiger partial charge < -0.3 is 4.98 Å². The maximum absolute atomic E-state index is 12.6. The largest absolute Gasteiger partial charge is 0.362 e. The molecule has 0 radical (unpaired) electrons. The summed E-state index contributed by atoms with van der Waals surface area (Å²) in [7, 11) is 0. The number of aryl methyl sites for hydroxylation is 3. The van der Waals surface area contributed by atoms with Crippen LogP contribution in [0.5, 0.6) is 0 Å². The van der Waals surface area contributed by atoms with Crippen LogP contribution in [0.25, 0.3) is 10.9 Å². The molecule has 112 valence electrons. The van der Waals surface area contributed by atoms with Gasteiger partial charge >= 0.3 is 0 Å². The Hall–Kier alpha value is -2.21. The Morgan fingerprint density at radius 3 is 2.73 bits per heavy atom. The number of fused-ring (bicyclic) bond motifs is 1. The van der Waals surface area contributed by atoms with Crippen LogP contribution in [0.2, 0.25) is 0 Å². The van der Waals surface area contributed by atoms with Gasteiger partial charge in [-0.15, -0.1) is 0 Å². The maximum Gasteiger partial charge on any atom is 0.282 e. The molecule has 0 unspecified atom stereocenters. The molecule has 0 aliphatic heterocycles. The van der Waals surface area contributed by atoms with Crippen molar-refractivity contribution in [3.63, 3.8) is 0 Å². The molecule has 22 heavy (non-hydrogen) atoms. The summed E-state index contributed by atoms with van der Waals surface area (Å²) >= 11 is 3.38. The highest BCUT2D eigenvalue weighted by molar-refractivity contribution is 9.10. The lowest BCUT2D eigenvalue weighted by molar-refractivity contribution is 0.770. The van der Waals surface area contributed by atoms with Crippen molar-refractivity contribution in [2.75, 3.05) is 0 Å². The molecule has 0 bridgehead atoms. The van der Waals surface area contributed by atoms with Crippen molar-refractivity contribution in [1.29, 1.82) is 0 Å². The van der Waals surface area contributed by atoms with Crippen molar-refractivity contribution in [3.8, 4) is 0 Å². The van der Waals surface area contributed by atoms with E-state index in [1.165, 1.54) is 4.68 Å². The van der Waals surface area contributed by atoms with Crippen molar-refractivity contribution in [2.45, 2.75) is 20.8 Å². The van der Waals surface area contributed by atoms with E-state index in [-0.39, 0.29) is 5.56 Å². The molecule has 6 heteroatoms. The Morgan fingerprint density at radius 1 is 1.27 bits per heavy atom. The number of hydrogen-bond acceptors (Lipinski definition) is 3.